The van der Waals surface area contributed by atoms with E-state index in [4.69, 9.17) is 0 Å². The van der Waals surface area contributed by atoms with E-state index in [1.165, 1.54) is 10.2 Å². The molecule has 1 aliphatic rings. The molecule has 1 heterocycles. The molecule has 3 aromatic rings. The molecule has 0 bridgehead atoms. The minimum absolute atomic E-state index is 0.161. The highest BCUT2D eigenvalue weighted by Gasteiger charge is 2.20. The molecule has 0 unspecified atom stereocenters. The molecule has 0 saturated carbocycles. The highest BCUT2D eigenvalue weighted by Crippen LogP contribution is 2.24. The van der Waals surface area contributed by atoms with Gasteiger partial charge in [0.2, 0.25) is 10.0 Å². The van der Waals surface area contributed by atoms with Crippen LogP contribution in [0.1, 0.15) is 30.9 Å². The number of aromatic nitrogens is 2. The largest absolute Gasteiger partial charge is 0.274 e. The molecule has 1 atom stereocenters. The summed E-state index contributed by atoms with van der Waals surface area (Å²) in [5.74, 6) is 0. The number of benzene rings is 2. The van der Waals surface area contributed by atoms with Gasteiger partial charge in [0.25, 0.3) is 5.56 Å². The minimum atomic E-state index is -3.66. The van der Waals surface area contributed by atoms with Crippen molar-refractivity contribution in [1.29, 1.82) is 0 Å². The van der Waals surface area contributed by atoms with Gasteiger partial charge in [-0.3, -0.25) is 4.79 Å². The summed E-state index contributed by atoms with van der Waals surface area (Å²) >= 11 is 0. The summed E-state index contributed by atoms with van der Waals surface area (Å²) in [7, 11) is -3.66. The molecule has 0 spiro atoms. The number of nitrogens with zero attached hydrogens (tertiary/aromatic N) is 2. The summed E-state index contributed by atoms with van der Waals surface area (Å²) in [6, 6.07) is 12.1. The van der Waals surface area contributed by atoms with Gasteiger partial charge in [0.05, 0.1) is 23.0 Å². The van der Waals surface area contributed by atoms with Gasteiger partial charge in [0, 0.05) is 11.4 Å². The first-order valence-electron chi connectivity index (χ1n) is 9.53. The van der Waals surface area contributed by atoms with Crippen LogP contribution in [0.3, 0.4) is 0 Å². The number of hydrogen-bond donors (Lipinski definition) is 1. The van der Waals surface area contributed by atoms with Crippen LogP contribution >= 0.6 is 0 Å². The number of rotatable bonds is 5. The molecule has 6 nitrogen and oxygen atoms in total. The van der Waals surface area contributed by atoms with Crippen LogP contribution in [0.2, 0.25) is 0 Å². The lowest BCUT2D eigenvalue weighted by Crippen LogP contribution is -2.39. The Morgan fingerprint density at radius 1 is 1.11 bits per heavy atom. The van der Waals surface area contributed by atoms with Gasteiger partial charge in [-0.25, -0.2) is 17.8 Å². The zero-order chi connectivity index (χ0) is 19.7. The zero-order valence-electron chi connectivity index (χ0n) is 15.8. The van der Waals surface area contributed by atoms with E-state index in [9.17, 15) is 13.2 Å². The average molecular weight is 398 g/mol. The van der Waals surface area contributed by atoms with Crippen LogP contribution in [0.5, 0.6) is 0 Å². The van der Waals surface area contributed by atoms with Crippen molar-refractivity contribution in [3.05, 3.63) is 70.1 Å². The van der Waals surface area contributed by atoms with Gasteiger partial charge in [-0.15, -0.1) is 0 Å². The summed E-state index contributed by atoms with van der Waals surface area (Å²) in [6.45, 7) is 1.90. The van der Waals surface area contributed by atoms with Gasteiger partial charge >= 0.3 is 0 Å². The number of fused-ring (bicyclic) bond motifs is 2. The van der Waals surface area contributed by atoms with Crippen molar-refractivity contribution in [3.8, 4) is 0 Å². The topological polar surface area (TPSA) is 81.1 Å². The Kier molecular flexibility index (Phi) is 5.03. The van der Waals surface area contributed by atoms with E-state index in [1.54, 1.807) is 37.4 Å². The highest BCUT2D eigenvalue weighted by molar-refractivity contribution is 7.89. The van der Waals surface area contributed by atoms with E-state index in [-0.39, 0.29) is 17.0 Å². The fourth-order valence-electron chi connectivity index (χ4n) is 3.76. The van der Waals surface area contributed by atoms with Crippen LogP contribution in [0, 0.1) is 0 Å². The van der Waals surface area contributed by atoms with Gasteiger partial charge in [-0.1, -0.05) is 24.3 Å². The Morgan fingerprint density at radius 2 is 1.86 bits per heavy atom. The van der Waals surface area contributed by atoms with Crippen LogP contribution in [-0.4, -0.2) is 24.2 Å². The summed E-state index contributed by atoms with van der Waals surface area (Å²) in [4.78, 5) is 12.9. The minimum Gasteiger partial charge on any atom is -0.267 e. The summed E-state index contributed by atoms with van der Waals surface area (Å²) < 4.78 is 29.6. The number of nitrogens with one attached hydrogen (secondary N) is 1. The average Bonchev–Trinajstić information content (AvgIpc) is 2.69. The molecule has 0 aliphatic heterocycles. The molecule has 4 rings (SSSR count). The first-order chi connectivity index (χ1) is 13.4. The molecule has 1 aliphatic carbocycles. The van der Waals surface area contributed by atoms with Crippen LogP contribution < -0.4 is 10.3 Å². The summed E-state index contributed by atoms with van der Waals surface area (Å²) in [5.41, 5.74) is 2.14. The van der Waals surface area contributed by atoms with Gasteiger partial charge in [0.1, 0.15) is 0 Å². The van der Waals surface area contributed by atoms with Crippen LogP contribution in [0.25, 0.3) is 10.8 Å². The Hall–Kier alpha value is -2.51. The van der Waals surface area contributed by atoms with Crippen molar-refractivity contribution in [2.24, 2.45) is 0 Å². The normalized spacial score (nSPS) is 15.3. The first-order valence-corrected chi connectivity index (χ1v) is 11.0. The van der Waals surface area contributed by atoms with E-state index in [0.29, 0.717) is 5.39 Å². The molecule has 1 aromatic heterocycles. The Morgan fingerprint density at radius 3 is 2.68 bits per heavy atom. The fraction of sp³-hybridized carbons (Fsp3) is 0.333. The Bertz CT molecular complexity index is 1180. The smallest absolute Gasteiger partial charge is 0.267 e. The number of hydrogen-bond acceptors (Lipinski definition) is 4. The lowest BCUT2D eigenvalue weighted by molar-refractivity contribution is 0.480. The third-order valence-electron chi connectivity index (χ3n) is 5.20. The van der Waals surface area contributed by atoms with Crippen molar-refractivity contribution in [2.45, 2.75) is 50.1 Å². The van der Waals surface area contributed by atoms with E-state index < -0.39 is 16.1 Å². The molecule has 28 heavy (non-hydrogen) atoms. The maximum atomic E-state index is 12.8. The second kappa shape index (κ2) is 7.48. The standard InChI is InChI=1S/C21H23N3O3S/c1-15(14-24-21(25)20-9-5-4-8-18(20)13-22-24)23-28(26,27)19-11-10-16-6-2-3-7-17(16)12-19/h4-5,8-13,15,23H,2-3,6-7,14H2,1H3/t15-/m1/s1. The predicted octanol–water partition coefficient (Wildman–Crippen LogP) is 2.64. The van der Waals surface area contributed by atoms with E-state index in [1.807, 2.05) is 18.2 Å². The highest BCUT2D eigenvalue weighted by atomic mass is 32.2. The van der Waals surface area contributed by atoms with Gasteiger partial charge in [-0.2, -0.15) is 5.10 Å². The molecule has 0 fully saturated rings. The van der Waals surface area contributed by atoms with Crippen molar-refractivity contribution in [2.75, 3.05) is 0 Å². The zero-order valence-corrected chi connectivity index (χ0v) is 16.6. The molecule has 146 valence electrons. The predicted molar refractivity (Wildman–Crippen MR) is 109 cm³/mol. The molecule has 1 N–H and O–H groups in total. The Labute approximate surface area is 164 Å². The Balaban J connectivity index is 1.54. The van der Waals surface area contributed by atoms with Gasteiger partial charge in [-0.05, 0) is 61.9 Å². The third kappa shape index (κ3) is 3.72. The van der Waals surface area contributed by atoms with E-state index in [2.05, 4.69) is 9.82 Å². The molecule has 0 radical (unpaired) electrons. The van der Waals surface area contributed by atoms with Crippen LogP contribution in [0.15, 0.2) is 58.4 Å². The van der Waals surface area contributed by atoms with Gasteiger partial charge < -0.3 is 0 Å². The quantitative estimate of drug-likeness (QED) is 0.718. The van der Waals surface area contributed by atoms with E-state index >= 15 is 0 Å². The second-order valence-electron chi connectivity index (χ2n) is 7.38. The molecule has 7 heteroatoms. The number of aryl methyl sites for hydroxylation is 2. The monoisotopic (exact) mass is 397 g/mol. The van der Waals surface area contributed by atoms with Crippen molar-refractivity contribution in [3.63, 3.8) is 0 Å². The molecular weight excluding hydrogens is 374 g/mol. The molecule has 2 aromatic carbocycles. The maximum absolute atomic E-state index is 12.8. The third-order valence-corrected chi connectivity index (χ3v) is 6.78. The molecule has 0 saturated heterocycles. The lowest BCUT2D eigenvalue weighted by Gasteiger charge is -2.18. The van der Waals surface area contributed by atoms with E-state index in [0.717, 1.165) is 36.6 Å². The fourth-order valence-corrected chi connectivity index (χ4v) is 5.05. The van der Waals surface area contributed by atoms with Gasteiger partial charge in [0.15, 0.2) is 0 Å². The molecular formula is C21H23N3O3S. The maximum Gasteiger partial charge on any atom is 0.274 e. The van der Waals surface area contributed by atoms with Crippen molar-refractivity contribution in [1.82, 2.24) is 14.5 Å². The summed E-state index contributed by atoms with van der Waals surface area (Å²) in [6.07, 6.45) is 5.81. The van der Waals surface area contributed by atoms with Crippen LogP contribution in [-0.2, 0) is 29.4 Å². The molecule has 0 amide bonds. The van der Waals surface area contributed by atoms with Crippen LogP contribution in [0.4, 0.5) is 0 Å². The first kappa shape index (κ1) is 18.8. The number of sulfonamides is 1. The second-order valence-corrected chi connectivity index (χ2v) is 9.09. The van der Waals surface area contributed by atoms with Crippen molar-refractivity contribution >= 4 is 20.8 Å². The van der Waals surface area contributed by atoms with Crippen molar-refractivity contribution < 1.29 is 8.42 Å². The lowest BCUT2D eigenvalue weighted by atomic mass is 9.92. The summed E-state index contributed by atoms with van der Waals surface area (Å²) in [5, 5.41) is 5.52. The SMILES string of the molecule is C[C@H](Cn1ncc2ccccc2c1=O)NS(=O)(=O)c1ccc2c(c1)CCCC2.